The minimum Gasteiger partial charge on any atom is -0.393 e. The van der Waals surface area contributed by atoms with Crippen molar-refractivity contribution in [1.29, 1.82) is 5.26 Å². The Morgan fingerprint density at radius 2 is 2.25 bits per heavy atom. The SMILES string of the molecule is CC(O)C1CCN(c2c(C#N)cnc3ccccc23)C1. The molecule has 1 N–H and O–H groups in total. The highest BCUT2D eigenvalue weighted by Gasteiger charge is 2.28. The van der Waals surface area contributed by atoms with Crippen molar-refractivity contribution in [2.45, 2.75) is 19.4 Å². The van der Waals surface area contributed by atoms with Gasteiger partial charge in [-0.3, -0.25) is 4.98 Å². The summed E-state index contributed by atoms with van der Waals surface area (Å²) in [5.74, 6) is 0.272. The van der Waals surface area contributed by atoms with Crippen LogP contribution in [0.15, 0.2) is 30.5 Å². The van der Waals surface area contributed by atoms with Crippen LogP contribution in [0.1, 0.15) is 18.9 Å². The highest BCUT2D eigenvalue weighted by Crippen LogP contribution is 2.33. The molecule has 2 unspecified atom stereocenters. The molecule has 0 aliphatic carbocycles. The number of hydrogen-bond acceptors (Lipinski definition) is 4. The Morgan fingerprint density at radius 3 is 2.95 bits per heavy atom. The molecule has 1 aromatic carbocycles. The smallest absolute Gasteiger partial charge is 0.103 e. The Hall–Kier alpha value is -2.12. The molecule has 4 nitrogen and oxygen atoms in total. The first-order valence-corrected chi connectivity index (χ1v) is 6.91. The van der Waals surface area contributed by atoms with Crippen LogP contribution in [0.25, 0.3) is 10.9 Å². The lowest BCUT2D eigenvalue weighted by Crippen LogP contribution is -2.24. The third kappa shape index (κ3) is 2.10. The van der Waals surface area contributed by atoms with E-state index >= 15 is 0 Å². The lowest BCUT2D eigenvalue weighted by atomic mass is 10.0. The molecule has 1 aliphatic rings. The van der Waals surface area contributed by atoms with Gasteiger partial charge in [-0.1, -0.05) is 18.2 Å². The number of nitrogens with zero attached hydrogens (tertiary/aromatic N) is 3. The minimum atomic E-state index is -0.307. The molecule has 1 aromatic heterocycles. The van der Waals surface area contributed by atoms with Crippen molar-refractivity contribution in [3.63, 3.8) is 0 Å². The van der Waals surface area contributed by atoms with Gasteiger partial charge in [-0.25, -0.2) is 0 Å². The number of aromatic nitrogens is 1. The summed E-state index contributed by atoms with van der Waals surface area (Å²) in [6, 6.07) is 10.1. The average molecular weight is 267 g/mol. The quantitative estimate of drug-likeness (QED) is 0.907. The zero-order valence-electron chi connectivity index (χ0n) is 11.5. The highest BCUT2D eigenvalue weighted by atomic mass is 16.3. The summed E-state index contributed by atoms with van der Waals surface area (Å²) in [5, 5.41) is 20.1. The van der Waals surface area contributed by atoms with E-state index in [4.69, 9.17) is 0 Å². The van der Waals surface area contributed by atoms with Gasteiger partial charge in [0.25, 0.3) is 0 Å². The molecule has 0 bridgehead atoms. The van der Waals surface area contributed by atoms with E-state index in [1.807, 2.05) is 31.2 Å². The molecular formula is C16H17N3O. The van der Waals surface area contributed by atoms with Gasteiger partial charge in [0.1, 0.15) is 6.07 Å². The largest absolute Gasteiger partial charge is 0.393 e. The molecule has 2 aromatic rings. The molecule has 0 radical (unpaired) electrons. The number of aliphatic hydroxyl groups is 1. The molecular weight excluding hydrogens is 250 g/mol. The summed E-state index contributed by atoms with van der Waals surface area (Å²) in [5.41, 5.74) is 2.47. The van der Waals surface area contributed by atoms with E-state index in [-0.39, 0.29) is 12.0 Å². The van der Waals surface area contributed by atoms with Crippen LogP contribution in [-0.4, -0.2) is 29.3 Å². The Bertz CT molecular complexity index is 675. The van der Waals surface area contributed by atoms with Gasteiger partial charge in [-0.2, -0.15) is 5.26 Å². The Balaban J connectivity index is 2.08. The van der Waals surface area contributed by atoms with E-state index in [2.05, 4.69) is 16.0 Å². The van der Waals surface area contributed by atoms with Crippen molar-refractivity contribution < 1.29 is 5.11 Å². The second-order valence-electron chi connectivity index (χ2n) is 5.38. The van der Waals surface area contributed by atoms with E-state index < -0.39 is 0 Å². The molecule has 102 valence electrons. The van der Waals surface area contributed by atoms with Gasteiger partial charge in [0, 0.05) is 30.6 Å². The van der Waals surface area contributed by atoms with E-state index in [1.54, 1.807) is 6.20 Å². The number of aliphatic hydroxyl groups excluding tert-OH is 1. The maximum atomic E-state index is 9.75. The first kappa shape index (κ1) is 12.9. The second-order valence-corrected chi connectivity index (χ2v) is 5.38. The predicted molar refractivity (Wildman–Crippen MR) is 78.5 cm³/mol. The summed E-state index contributed by atoms with van der Waals surface area (Å²) in [7, 11) is 0. The van der Waals surface area contributed by atoms with Crippen molar-refractivity contribution in [3.05, 3.63) is 36.0 Å². The summed E-state index contributed by atoms with van der Waals surface area (Å²) in [6.07, 6.45) is 2.30. The number of pyridine rings is 1. The molecule has 1 aliphatic heterocycles. The van der Waals surface area contributed by atoms with Crippen LogP contribution in [0, 0.1) is 17.2 Å². The maximum Gasteiger partial charge on any atom is 0.103 e. The van der Waals surface area contributed by atoms with Crippen LogP contribution in [0.5, 0.6) is 0 Å². The normalized spacial score (nSPS) is 20.1. The molecule has 1 fully saturated rings. The van der Waals surface area contributed by atoms with Crippen molar-refractivity contribution in [2.75, 3.05) is 18.0 Å². The van der Waals surface area contributed by atoms with Crippen molar-refractivity contribution in [3.8, 4) is 6.07 Å². The van der Waals surface area contributed by atoms with Gasteiger partial charge in [-0.05, 0) is 19.4 Å². The molecule has 0 spiro atoms. The molecule has 0 amide bonds. The molecule has 4 heteroatoms. The van der Waals surface area contributed by atoms with Crippen molar-refractivity contribution in [2.24, 2.45) is 5.92 Å². The molecule has 0 saturated carbocycles. The van der Waals surface area contributed by atoms with E-state index in [9.17, 15) is 10.4 Å². The van der Waals surface area contributed by atoms with Crippen LogP contribution in [0.4, 0.5) is 5.69 Å². The Morgan fingerprint density at radius 1 is 1.45 bits per heavy atom. The average Bonchev–Trinajstić information content (AvgIpc) is 2.95. The van der Waals surface area contributed by atoms with E-state index in [0.717, 1.165) is 36.1 Å². The Labute approximate surface area is 118 Å². The van der Waals surface area contributed by atoms with Gasteiger partial charge >= 0.3 is 0 Å². The molecule has 2 atom stereocenters. The fraction of sp³-hybridized carbons (Fsp3) is 0.375. The minimum absolute atomic E-state index is 0.272. The summed E-state index contributed by atoms with van der Waals surface area (Å²) in [4.78, 5) is 6.55. The van der Waals surface area contributed by atoms with Crippen molar-refractivity contribution in [1.82, 2.24) is 4.98 Å². The number of nitriles is 1. The molecule has 1 saturated heterocycles. The predicted octanol–water partition coefficient (Wildman–Crippen LogP) is 2.31. The number of fused-ring (bicyclic) bond motifs is 1. The third-order valence-corrected chi connectivity index (χ3v) is 4.09. The zero-order chi connectivity index (χ0) is 14.1. The van der Waals surface area contributed by atoms with Crippen LogP contribution < -0.4 is 4.90 Å². The van der Waals surface area contributed by atoms with Crippen LogP contribution >= 0.6 is 0 Å². The summed E-state index contributed by atoms with van der Waals surface area (Å²) < 4.78 is 0. The first-order valence-electron chi connectivity index (χ1n) is 6.91. The van der Waals surface area contributed by atoms with Crippen LogP contribution in [-0.2, 0) is 0 Å². The lowest BCUT2D eigenvalue weighted by Gasteiger charge is -2.22. The fourth-order valence-corrected chi connectivity index (χ4v) is 2.93. The topological polar surface area (TPSA) is 60.1 Å². The molecule has 2 heterocycles. The monoisotopic (exact) mass is 267 g/mol. The maximum absolute atomic E-state index is 9.75. The number of hydrogen-bond donors (Lipinski definition) is 1. The third-order valence-electron chi connectivity index (χ3n) is 4.09. The van der Waals surface area contributed by atoms with Gasteiger partial charge in [0.05, 0.1) is 22.9 Å². The van der Waals surface area contributed by atoms with Gasteiger partial charge in [0.15, 0.2) is 0 Å². The lowest BCUT2D eigenvalue weighted by molar-refractivity contribution is 0.136. The summed E-state index contributed by atoms with van der Waals surface area (Å²) in [6.45, 7) is 3.50. The zero-order valence-corrected chi connectivity index (χ0v) is 11.5. The van der Waals surface area contributed by atoms with E-state index in [1.165, 1.54) is 0 Å². The van der Waals surface area contributed by atoms with Gasteiger partial charge < -0.3 is 10.0 Å². The molecule has 20 heavy (non-hydrogen) atoms. The van der Waals surface area contributed by atoms with Crippen molar-refractivity contribution >= 4 is 16.6 Å². The van der Waals surface area contributed by atoms with Gasteiger partial charge in [-0.15, -0.1) is 0 Å². The van der Waals surface area contributed by atoms with Crippen LogP contribution in [0.3, 0.4) is 0 Å². The number of benzene rings is 1. The van der Waals surface area contributed by atoms with E-state index in [0.29, 0.717) is 5.56 Å². The first-order chi connectivity index (χ1) is 9.70. The Kier molecular flexibility index (Phi) is 3.29. The number of rotatable bonds is 2. The molecule has 3 rings (SSSR count). The fourth-order valence-electron chi connectivity index (χ4n) is 2.93. The number of anilines is 1. The van der Waals surface area contributed by atoms with Gasteiger partial charge in [0.2, 0.25) is 0 Å². The summed E-state index contributed by atoms with van der Waals surface area (Å²) >= 11 is 0. The standard InChI is InChI=1S/C16H17N3O/c1-11(20)12-6-7-19(10-12)16-13(8-17)9-18-15-5-3-2-4-14(15)16/h2-5,9,11-12,20H,6-7,10H2,1H3. The highest BCUT2D eigenvalue weighted by molar-refractivity contribution is 5.94. The number of para-hydroxylation sites is 1. The van der Waals surface area contributed by atoms with Crippen LogP contribution in [0.2, 0.25) is 0 Å². The second kappa shape index (κ2) is 5.10.